The zero-order valence-electron chi connectivity index (χ0n) is 14.0. The van der Waals surface area contributed by atoms with Gasteiger partial charge in [-0.05, 0) is 18.5 Å². The fourth-order valence-electron chi connectivity index (χ4n) is 3.89. The third-order valence-corrected chi connectivity index (χ3v) is 5.29. The number of carbonyl (C=O) groups excluding carboxylic acids is 1. The molecule has 3 rings (SSSR count). The van der Waals surface area contributed by atoms with Crippen LogP contribution in [0.15, 0.2) is 30.3 Å². The van der Waals surface area contributed by atoms with E-state index in [1.54, 1.807) is 14.2 Å². The first-order chi connectivity index (χ1) is 11.2. The average molecular weight is 318 g/mol. The number of nitrogens with one attached hydrogen (secondary N) is 1. The van der Waals surface area contributed by atoms with Crippen molar-refractivity contribution in [2.24, 2.45) is 5.92 Å². The second-order valence-electron chi connectivity index (χ2n) is 6.41. The number of hydrogen-bond donors (Lipinski definition) is 1. The first kappa shape index (κ1) is 16.4. The number of amides is 1. The Morgan fingerprint density at radius 3 is 2.70 bits per heavy atom. The summed E-state index contributed by atoms with van der Waals surface area (Å²) < 4.78 is 11.7. The van der Waals surface area contributed by atoms with Crippen LogP contribution >= 0.6 is 0 Å². The normalized spacial score (nSPS) is 31.3. The quantitative estimate of drug-likeness (QED) is 0.911. The molecular weight excluding hydrogens is 292 g/mol. The van der Waals surface area contributed by atoms with Crippen LogP contribution in [0.4, 0.5) is 0 Å². The Bertz CT molecular complexity index is 530. The maximum atomic E-state index is 12.7. The van der Waals surface area contributed by atoms with Crippen LogP contribution in [0.25, 0.3) is 0 Å². The van der Waals surface area contributed by atoms with Gasteiger partial charge in [0.15, 0.2) is 0 Å². The lowest BCUT2D eigenvalue weighted by Crippen LogP contribution is -2.57. The summed E-state index contributed by atoms with van der Waals surface area (Å²) in [6, 6.07) is 10.2. The molecule has 1 aromatic rings. The zero-order valence-corrected chi connectivity index (χ0v) is 14.0. The first-order valence-electron chi connectivity index (χ1n) is 8.34. The van der Waals surface area contributed by atoms with Crippen molar-refractivity contribution < 1.29 is 14.3 Å². The summed E-state index contributed by atoms with van der Waals surface area (Å²) in [6.07, 6.45) is 1.51. The second kappa shape index (κ2) is 6.99. The third kappa shape index (κ3) is 3.01. The molecule has 5 nitrogen and oxygen atoms in total. The van der Waals surface area contributed by atoms with Crippen LogP contribution < -0.4 is 5.32 Å². The lowest BCUT2D eigenvalue weighted by atomic mass is 9.81. The smallest absolute Gasteiger partial charge is 0.227 e. The van der Waals surface area contributed by atoms with Crippen LogP contribution in [0.5, 0.6) is 0 Å². The minimum atomic E-state index is -0.485. The highest BCUT2D eigenvalue weighted by Gasteiger charge is 2.47. The molecule has 1 N–H and O–H groups in total. The van der Waals surface area contributed by atoms with Gasteiger partial charge in [-0.2, -0.15) is 0 Å². The summed E-state index contributed by atoms with van der Waals surface area (Å²) in [5.74, 6) is 0.356. The van der Waals surface area contributed by atoms with Gasteiger partial charge in [0.05, 0.1) is 12.5 Å². The molecule has 2 heterocycles. The van der Waals surface area contributed by atoms with E-state index in [4.69, 9.17) is 9.47 Å². The van der Waals surface area contributed by atoms with E-state index in [1.807, 2.05) is 23.1 Å². The summed E-state index contributed by atoms with van der Waals surface area (Å²) in [5, 5.41) is 3.27. The number of carbonyl (C=O) groups is 1. The molecule has 0 radical (unpaired) electrons. The highest BCUT2D eigenvalue weighted by Crippen LogP contribution is 2.38. The molecule has 2 aliphatic rings. The molecule has 2 aliphatic heterocycles. The van der Waals surface area contributed by atoms with Gasteiger partial charge in [-0.3, -0.25) is 4.79 Å². The SMILES string of the molecule is CO[C@H]1CN(C(=O)C2CCNC2)CC[C@]1(OC)c1ccccc1. The molecule has 0 spiro atoms. The van der Waals surface area contributed by atoms with E-state index in [2.05, 4.69) is 17.4 Å². The molecule has 2 saturated heterocycles. The van der Waals surface area contributed by atoms with Gasteiger partial charge >= 0.3 is 0 Å². The number of methoxy groups -OCH3 is 2. The Morgan fingerprint density at radius 1 is 1.30 bits per heavy atom. The number of benzene rings is 1. The first-order valence-corrected chi connectivity index (χ1v) is 8.34. The van der Waals surface area contributed by atoms with E-state index >= 15 is 0 Å². The molecule has 126 valence electrons. The Hall–Kier alpha value is -1.43. The van der Waals surface area contributed by atoms with Crippen LogP contribution in [0.1, 0.15) is 18.4 Å². The molecule has 0 saturated carbocycles. The number of hydrogen-bond acceptors (Lipinski definition) is 4. The standard InChI is InChI=1S/C18H26N2O3/c1-22-16-13-20(17(21)14-8-10-19-12-14)11-9-18(16,23-2)15-6-4-3-5-7-15/h3-7,14,16,19H,8-13H2,1-2H3/t14?,16-,18-/m0/s1. The number of ether oxygens (including phenoxy) is 2. The van der Waals surface area contributed by atoms with Crippen LogP contribution in [0.3, 0.4) is 0 Å². The number of nitrogens with zero attached hydrogens (tertiary/aromatic N) is 1. The second-order valence-corrected chi connectivity index (χ2v) is 6.41. The Morgan fingerprint density at radius 2 is 2.09 bits per heavy atom. The Kier molecular flexibility index (Phi) is 4.99. The summed E-state index contributed by atoms with van der Waals surface area (Å²) in [5.41, 5.74) is 0.629. The topological polar surface area (TPSA) is 50.8 Å². The zero-order chi connectivity index (χ0) is 16.3. The van der Waals surface area contributed by atoms with Crippen molar-refractivity contribution in [1.29, 1.82) is 0 Å². The minimum absolute atomic E-state index is 0.110. The minimum Gasteiger partial charge on any atom is -0.376 e. The highest BCUT2D eigenvalue weighted by atomic mass is 16.5. The van der Waals surface area contributed by atoms with E-state index in [0.29, 0.717) is 13.1 Å². The van der Waals surface area contributed by atoms with Crippen molar-refractivity contribution >= 4 is 5.91 Å². The van der Waals surface area contributed by atoms with Gasteiger partial charge in [-0.15, -0.1) is 0 Å². The summed E-state index contributed by atoms with van der Waals surface area (Å²) in [6.45, 7) is 3.01. The molecule has 3 atom stereocenters. The molecule has 1 unspecified atom stereocenters. The summed E-state index contributed by atoms with van der Waals surface area (Å²) >= 11 is 0. The van der Waals surface area contributed by atoms with E-state index in [-0.39, 0.29) is 17.9 Å². The largest absolute Gasteiger partial charge is 0.376 e. The average Bonchev–Trinajstić information content (AvgIpc) is 3.16. The van der Waals surface area contributed by atoms with Crippen LogP contribution in [-0.4, -0.2) is 57.3 Å². The van der Waals surface area contributed by atoms with E-state index in [1.165, 1.54) is 0 Å². The van der Waals surface area contributed by atoms with Gasteiger partial charge in [0.2, 0.25) is 5.91 Å². The fourth-order valence-corrected chi connectivity index (χ4v) is 3.89. The molecule has 0 aliphatic carbocycles. The van der Waals surface area contributed by atoms with E-state index in [0.717, 1.165) is 31.5 Å². The van der Waals surface area contributed by atoms with Crippen molar-refractivity contribution in [2.75, 3.05) is 40.4 Å². The van der Waals surface area contributed by atoms with E-state index < -0.39 is 5.60 Å². The van der Waals surface area contributed by atoms with Crippen molar-refractivity contribution in [3.63, 3.8) is 0 Å². The Labute approximate surface area is 137 Å². The lowest BCUT2D eigenvalue weighted by Gasteiger charge is -2.46. The maximum absolute atomic E-state index is 12.7. The number of likely N-dealkylation sites (tertiary alicyclic amines) is 1. The summed E-state index contributed by atoms with van der Waals surface area (Å²) in [4.78, 5) is 14.6. The van der Waals surface area contributed by atoms with Crippen LogP contribution in [-0.2, 0) is 19.9 Å². The molecule has 5 heteroatoms. The third-order valence-electron chi connectivity index (χ3n) is 5.29. The van der Waals surface area contributed by atoms with Gasteiger partial charge in [0, 0.05) is 33.7 Å². The van der Waals surface area contributed by atoms with Gasteiger partial charge in [-0.25, -0.2) is 0 Å². The molecule has 1 amide bonds. The van der Waals surface area contributed by atoms with Crippen molar-refractivity contribution in [1.82, 2.24) is 10.2 Å². The lowest BCUT2D eigenvalue weighted by molar-refractivity contribution is -0.170. The predicted molar refractivity (Wildman–Crippen MR) is 88.1 cm³/mol. The van der Waals surface area contributed by atoms with E-state index in [9.17, 15) is 4.79 Å². The van der Waals surface area contributed by atoms with Crippen molar-refractivity contribution in [3.05, 3.63) is 35.9 Å². The fraction of sp³-hybridized carbons (Fsp3) is 0.611. The molecule has 0 aromatic heterocycles. The molecular formula is C18H26N2O3. The molecule has 0 bridgehead atoms. The number of rotatable bonds is 4. The monoisotopic (exact) mass is 318 g/mol. The number of piperidine rings is 1. The van der Waals surface area contributed by atoms with Crippen LogP contribution in [0, 0.1) is 5.92 Å². The maximum Gasteiger partial charge on any atom is 0.227 e. The van der Waals surface area contributed by atoms with Gasteiger partial charge in [0.1, 0.15) is 11.7 Å². The van der Waals surface area contributed by atoms with Crippen LogP contribution in [0.2, 0.25) is 0 Å². The van der Waals surface area contributed by atoms with Crippen molar-refractivity contribution in [3.8, 4) is 0 Å². The molecule has 23 heavy (non-hydrogen) atoms. The molecule has 1 aromatic carbocycles. The van der Waals surface area contributed by atoms with Gasteiger partial charge in [-0.1, -0.05) is 30.3 Å². The molecule has 2 fully saturated rings. The summed E-state index contributed by atoms with van der Waals surface area (Å²) in [7, 11) is 3.43. The van der Waals surface area contributed by atoms with Gasteiger partial charge in [0.25, 0.3) is 0 Å². The highest BCUT2D eigenvalue weighted by molar-refractivity contribution is 5.79. The predicted octanol–water partition coefficient (Wildman–Crippen LogP) is 1.39. The van der Waals surface area contributed by atoms with Crippen molar-refractivity contribution in [2.45, 2.75) is 24.5 Å². The Balaban J connectivity index is 1.79. The van der Waals surface area contributed by atoms with Gasteiger partial charge < -0.3 is 19.7 Å².